The average molecular weight is 384 g/mol. The van der Waals surface area contributed by atoms with Crippen LogP contribution in [0, 0.1) is 0 Å². The lowest BCUT2D eigenvalue weighted by molar-refractivity contribution is 0.0917. The average Bonchev–Trinajstić information content (AvgIpc) is 2.73. The Kier molecular flexibility index (Phi) is 7.69. The zero-order valence-corrected chi connectivity index (χ0v) is 17.4. The van der Waals surface area contributed by atoms with Crippen molar-refractivity contribution in [3.05, 3.63) is 53.9 Å². The molecule has 1 atom stereocenters. The molecule has 1 aliphatic heterocycles. The van der Waals surface area contributed by atoms with E-state index in [4.69, 9.17) is 9.47 Å². The molecule has 1 fully saturated rings. The third-order valence-corrected chi connectivity index (χ3v) is 5.47. The van der Waals surface area contributed by atoms with Gasteiger partial charge < -0.3 is 9.47 Å². The van der Waals surface area contributed by atoms with E-state index in [1.165, 1.54) is 24.0 Å². The van der Waals surface area contributed by atoms with Crippen molar-refractivity contribution in [1.29, 1.82) is 0 Å². The molecule has 1 saturated heterocycles. The summed E-state index contributed by atoms with van der Waals surface area (Å²) in [6.07, 6.45) is 6.28. The molecule has 2 aromatic rings. The summed E-state index contributed by atoms with van der Waals surface area (Å²) < 4.78 is 11.2. The monoisotopic (exact) mass is 383 g/mol. The number of aromatic nitrogens is 1. The van der Waals surface area contributed by atoms with Gasteiger partial charge in [-0.05, 0) is 68.2 Å². The number of ether oxygens (including phenoxy) is 2. The van der Waals surface area contributed by atoms with Gasteiger partial charge in [0.2, 0.25) is 0 Å². The van der Waals surface area contributed by atoms with Crippen molar-refractivity contribution in [3.63, 3.8) is 0 Å². The van der Waals surface area contributed by atoms with E-state index in [1.54, 1.807) is 7.11 Å². The van der Waals surface area contributed by atoms with Gasteiger partial charge in [0.1, 0.15) is 0 Å². The minimum Gasteiger partial charge on any atom is -0.493 e. The molecule has 5 heteroatoms. The standard InChI is InChI=1S/C23H33N3O2/c1-4-26(17-19-10-12-24-13-11-19)21-7-6-14-25(18-21)16-20-8-9-22(27-3)23(15-20)28-5-2/h8-13,15,21H,4-7,14,16-18H2,1-3H3. The fraction of sp³-hybridized carbons (Fsp3) is 0.522. The quantitative estimate of drug-likeness (QED) is 0.655. The van der Waals surface area contributed by atoms with E-state index in [0.717, 1.165) is 44.2 Å². The lowest BCUT2D eigenvalue weighted by Crippen LogP contribution is -2.47. The largest absolute Gasteiger partial charge is 0.493 e. The fourth-order valence-corrected chi connectivity index (χ4v) is 4.04. The van der Waals surface area contributed by atoms with Gasteiger partial charge >= 0.3 is 0 Å². The molecule has 0 amide bonds. The van der Waals surface area contributed by atoms with Crippen LogP contribution in [0.15, 0.2) is 42.7 Å². The molecule has 152 valence electrons. The molecule has 28 heavy (non-hydrogen) atoms. The van der Waals surface area contributed by atoms with Gasteiger partial charge in [-0.1, -0.05) is 13.0 Å². The topological polar surface area (TPSA) is 37.8 Å². The van der Waals surface area contributed by atoms with E-state index in [-0.39, 0.29) is 0 Å². The molecule has 1 aliphatic rings. The van der Waals surface area contributed by atoms with Crippen LogP contribution < -0.4 is 9.47 Å². The smallest absolute Gasteiger partial charge is 0.161 e. The first-order chi connectivity index (χ1) is 13.7. The second-order valence-corrected chi connectivity index (χ2v) is 7.37. The lowest BCUT2D eigenvalue weighted by atomic mass is 10.0. The number of benzene rings is 1. The van der Waals surface area contributed by atoms with Crippen LogP contribution in [0.3, 0.4) is 0 Å². The van der Waals surface area contributed by atoms with Gasteiger partial charge in [0.05, 0.1) is 13.7 Å². The molecular weight excluding hydrogens is 350 g/mol. The molecule has 0 saturated carbocycles. The van der Waals surface area contributed by atoms with Crippen LogP contribution in [0.5, 0.6) is 11.5 Å². The molecule has 1 unspecified atom stereocenters. The summed E-state index contributed by atoms with van der Waals surface area (Å²) in [5.74, 6) is 1.64. The molecular formula is C23H33N3O2. The Balaban J connectivity index is 1.63. The molecule has 2 heterocycles. The summed E-state index contributed by atoms with van der Waals surface area (Å²) in [7, 11) is 1.69. The normalized spacial score (nSPS) is 17.6. The van der Waals surface area contributed by atoms with Gasteiger partial charge in [0.25, 0.3) is 0 Å². The molecule has 0 spiro atoms. The van der Waals surface area contributed by atoms with Gasteiger partial charge in [-0.15, -0.1) is 0 Å². The zero-order chi connectivity index (χ0) is 19.8. The molecule has 5 nitrogen and oxygen atoms in total. The zero-order valence-electron chi connectivity index (χ0n) is 17.4. The number of methoxy groups -OCH3 is 1. The van der Waals surface area contributed by atoms with Crippen molar-refractivity contribution in [3.8, 4) is 11.5 Å². The van der Waals surface area contributed by atoms with Crippen molar-refractivity contribution >= 4 is 0 Å². The Morgan fingerprint density at radius 3 is 2.64 bits per heavy atom. The fourth-order valence-electron chi connectivity index (χ4n) is 4.04. The molecule has 1 aromatic heterocycles. The van der Waals surface area contributed by atoms with E-state index in [0.29, 0.717) is 12.6 Å². The van der Waals surface area contributed by atoms with Gasteiger partial charge in [-0.3, -0.25) is 14.8 Å². The third-order valence-electron chi connectivity index (χ3n) is 5.47. The first-order valence-corrected chi connectivity index (χ1v) is 10.4. The van der Waals surface area contributed by atoms with Crippen LogP contribution >= 0.6 is 0 Å². The number of hydrogen-bond acceptors (Lipinski definition) is 5. The Morgan fingerprint density at radius 1 is 1.11 bits per heavy atom. The maximum atomic E-state index is 5.74. The minimum absolute atomic E-state index is 0.594. The highest BCUT2D eigenvalue weighted by atomic mass is 16.5. The molecule has 1 aromatic carbocycles. The van der Waals surface area contributed by atoms with Gasteiger partial charge in [-0.2, -0.15) is 0 Å². The Labute approximate surface area is 169 Å². The highest BCUT2D eigenvalue weighted by Gasteiger charge is 2.25. The van der Waals surface area contributed by atoms with Crippen LogP contribution in [0.4, 0.5) is 0 Å². The summed E-state index contributed by atoms with van der Waals surface area (Å²) in [4.78, 5) is 9.31. The Morgan fingerprint density at radius 2 is 1.93 bits per heavy atom. The number of pyridine rings is 1. The first-order valence-electron chi connectivity index (χ1n) is 10.4. The van der Waals surface area contributed by atoms with Crippen LogP contribution in [0.1, 0.15) is 37.8 Å². The van der Waals surface area contributed by atoms with E-state index in [2.05, 4.69) is 46.0 Å². The predicted octanol–water partition coefficient (Wildman–Crippen LogP) is 3.98. The second-order valence-electron chi connectivity index (χ2n) is 7.37. The Hall–Kier alpha value is -2.11. The Bertz CT molecular complexity index is 723. The third kappa shape index (κ3) is 5.46. The number of piperidine rings is 1. The number of likely N-dealkylation sites (N-methyl/N-ethyl adjacent to an activating group) is 1. The highest BCUT2D eigenvalue weighted by Crippen LogP contribution is 2.29. The summed E-state index contributed by atoms with van der Waals surface area (Å²) >= 11 is 0. The SMILES string of the molecule is CCOc1cc(CN2CCCC(N(CC)Cc3ccncc3)C2)ccc1OC. The van der Waals surface area contributed by atoms with Crippen LogP contribution in [-0.4, -0.2) is 54.2 Å². The highest BCUT2D eigenvalue weighted by molar-refractivity contribution is 5.43. The molecule has 0 bridgehead atoms. The summed E-state index contributed by atoms with van der Waals surface area (Å²) in [6, 6.07) is 11.1. The predicted molar refractivity (Wildman–Crippen MR) is 113 cm³/mol. The maximum Gasteiger partial charge on any atom is 0.161 e. The van der Waals surface area contributed by atoms with E-state index < -0.39 is 0 Å². The van der Waals surface area contributed by atoms with Crippen molar-refractivity contribution in [2.24, 2.45) is 0 Å². The number of likely N-dealkylation sites (tertiary alicyclic amines) is 1. The number of hydrogen-bond donors (Lipinski definition) is 0. The van der Waals surface area contributed by atoms with Crippen LogP contribution in [0.2, 0.25) is 0 Å². The molecule has 0 aliphatic carbocycles. The lowest BCUT2D eigenvalue weighted by Gasteiger charge is -2.39. The van der Waals surface area contributed by atoms with Crippen molar-refractivity contribution in [2.75, 3.05) is 33.4 Å². The number of rotatable bonds is 9. The van der Waals surface area contributed by atoms with Crippen LogP contribution in [-0.2, 0) is 13.1 Å². The van der Waals surface area contributed by atoms with Crippen molar-refractivity contribution < 1.29 is 9.47 Å². The van der Waals surface area contributed by atoms with Gasteiger partial charge in [0, 0.05) is 38.1 Å². The molecule has 0 radical (unpaired) electrons. The van der Waals surface area contributed by atoms with Crippen molar-refractivity contribution in [2.45, 2.75) is 45.8 Å². The minimum atomic E-state index is 0.594. The van der Waals surface area contributed by atoms with E-state index in [1.807, 2.05) is 25.4 Å². The molecule has 3 rings (SSSR count). The second kappa shape index (κ2) is 10.4. The maximum absolute atomic E-state index is 5.74. The summed E-state index contributed by atoms with van der Waals surface area (Å²) in [6.45, 7) is 10.2. The summed E-state index contributed by atoms with van der Waals surface area (Å²) in [5.41, 5.74) is 2.62. The first kappa shape index (κ1) is 20.6. The number of nitrogens with zero attached hydrogens (tertiary/aromatic N) is 3. The van der Waals surface area contributed by atoms with Crippen LogP contribution in [0.25, 0.3) is 0 Å². The van der Waals surface area contributed by atoms with Gasteiger partial charge in [0.15, 0.2) is 11.5 Å². The van der Waals surface area contributed by atoms with E-state index in [9.17, 15) is 0 Å². The van der Waals surface area contributed by atoms with Crippen molar-refractivity contribution in [1.82, 2.24) is 14.8 Å². The van der Waals surface area contributed by atoms with Gasteiger partial charge in [-0.25, -0.2) is 0 Å². The van der Waals surface area contributed by atoms with E-state index >= 15 is 0 Å². The molecule has 0 N–H and O–H groups in total. The summed E-state index contributed by atoms with van der Waals surface area (Å²) in [5, 5.41) is 0.